The van der Waals surface area contributed by atoms with Crippen LogP contribution in [0.15, 0.2) is 0 Å². The van der Waals surface area contributed by atoms with Crippen molar-refractivity contribution in [1.82, 2.24) is 0 Å². The molecule has 0 N–H and O–H groups in total. The van der Waals surface area contributed by atoms with Gasteiger partial charge in [0.05, 0.1) is 6.42 Å². The smallest absolute Gasteiger partial charge is 0.304 e. The molecule has 0 spiro atoms. The monoisotopic (exact) mass is 332 g/mol. The first-order valence-corrected chi connectivity index (χ1v) is 6.99. The number of carbonyl (C=O) groups excluding carboxylic acids is 4. The van der Waals surface area contributed by atoms with Gasteiger partial charge in [-0.1, -0.05) is 0 Å². The second-order valence-electron chi connectivity index (χ2n) is 4.97. The van der Waals surface area contributed by atoms with E-state index in [4.69, 9.17) is 23.7 Å². The fourth-order valence-corrected chi connectivity index (χ4v) is 2.16. The highest BCUT2D eigenvalue weighted by molar-refractivity contribution is 5.68. The van der Waals surface area contributed by atoms with Gasteiger partial charge in [-0.3, -0.25) is 19.2 Å². The van der Waals surface area contributed by atoms with Gasteiger partial charge >= 0.3 is 23.9 Å². The first kappa shape index (κ1) is 18.9. The first-order chi connectivity index (χ1) is 10.7. The van der Waals surface area contributed by atoms with Gasteiger partial charge < -0.3 is 23.7 Å². The fraction of sp³-hybridized carbons (Fsp3) is 0.714. The lowest BCUT2D eigenvalue weighted by atomic mass is 10.0. The largest absolute Gasteiger partial charge is 0.463 e. The molecule has 0 amide bonds. The summed E-state index contributed by atoms with van der Waals surface area (Å²) in [5, 5.41) is 0. The van der Waals surface area contributed by atoms with E-state index in [1.165, 1.54) is 27.7 Å². The van der Waals surface area contributed by atoms with Gasteiger partial charge in [0.25, 0.3) is 0 Å². The molecule has 0 aromatic carbocycles. The van der Waals surface area contributed by atoms with E-state index in [0.29, 0.717) is 0 Å². The number of hydrogen-bond acceptors (Lipinski definition) is 9. The standard InChI is InChI=1S/C14H20O9/c1-7(15)19-6-12-14(22-10(4)18)11(20-8(2)16)5-13(23-12)21-9(3)17/h11-14H,5-6H2,1-4H3/t11-,12+,13-,14-/m1/s1. The molecular formula is C14H20O9. The molecule has 0 radical (unpaired) electrons. The van der Waals surface area contributed by atoms with Crippen molar-refractivity contribution in [3.63, 3.8) is 0 Å². The molecule has 0 aliphatic carbocycles. The Hall–Kier alpha value is -2.16. The number of carbonyl (C=O) groups is 4. The zero-order chi connectivity index (χ0) is 17.6. The van der Waals surface area contributed by atoms with Gasteiger partial charge in [-0.05, 0) is 0 Å². The fourth-order valence-electron chi connectivity index (χ4n) is 2.16. The van der Waals surface area contributed by atoms with Crippen LogP contribution in [0, 0.1) is 0 Å². The average Bonchev–Trinajstić information content (AvgIpc) is 2.37. The van der Waals surface area contributed by atoms with Crippen LogP contribution in [-0.2, 0) is 42.9 Å². The summed E-state index contributed by atoms with van der Waals surface area (Å²) in [6.07, 6.45) is -3.83. The molecule has 1 fully saturated rings. The maximum Gasteiger partial charge on any atom is 0.304 e. The van der Waals surface area contributed by atoms with Crippen LogP contribution in [-0.4, -0.2) is 55.1 Å². The quantitative estimate of drug-likeness (QED) is 0.510. The van der Waals surface area contributed by atoms with Crippen molar-refractivity contribution in [2.75, 3.05) is 6.61 Å². The van der Waals surface area contributed by atoms with Crippen molar-refractivity contribution < 1.29 is 42.9 Å². The molecule has 9 nitrogen and oxygen atoms in total. The Morgan fingerprint density at radius 2 is 1.43 bits per heavy atom. The molecule has 0 aromatic rings. The summed E-state index contributed by atoms with van der Waals surface area (Å²) in [6.45, 7) is 4.54. The van der Waals surface area contributed by atoms with E-state index in [9.17, 15) is 19.2 Å². The van der Waals surface area contributed by atoms with Gasteiger partial charge in [0, 0.05) is 27.7 Å². The molecule has 0 aromatic heterocycles. The van der Waals surface area contributed by atoms with Gasteiger partial charge in [0.2, 0.25) is 6.29 Å². The summed E-state index contributed by atoms with van der Waals surface area (Å²) >= 11 is 0. The Balaban J connectivity index is 2.94. The van der Waals surface area contributed by atoms with E-state index >= 15 is 0 Å². The summed E-state index contributed by atoms with van der Waals surface area (Å²) in [4.78, 5) is 44.6. The van der Waals surface area contributed by atoms with Crippen LogP contribution < -0.4 is 0 Å². The predicted octanol–water partition coefficient (Wildman–Crippen LogP) is 0.0910. The van der Waals surface area contributed by atoms with E-state index in [1.807, 2.05) is 0 Å². The zero-order valence-electron chi connectivity index (χ0n) is 13.4. The Morgan fingerprint density at radius 3 is 1.91 bits per heavy atom. The molecule has 1 heterocycles. The molecule has 1 saturated heterocycles. The third kappa shape index (κ3) is 6.64. The van der Waals surface area contributed by atoms with Crippen LogP contribution in [0.5, 0.6) is 0 Å². The molecule has 1 aliphatic rings. The van der Waals surface area contributed by atoms with Crippen molar-refractivity contribution >= 4 is 23.9 Å². The number of ether oxygens (including phenoxy) is 5. The van der Waals surface area contributed by atoms with Crippen LogP contribution in [0.4, 0.5) is 0 Å². The SMILES string of the molecule is CC(=O)OC[C@@H]1O[C@@H](OC(C)=O)C[C@@H](OC(C)=O)[C@H]1OC(C)=O. The predicted molar refractivity (Wildman–Crippen MR) is 72.8 cm³/mol. The van der Waals surface area contributed by atoms with E-state index in [0.717, 1.165) is 0 Å². The lowest BCUT2D eigenvalue weighted by molar-refractivity contribution is -0.260. The molecule has 0 bridgehead atoms. The highest BCUT2D eigenvalue weighted by Gasteiger charge is 2.44. The highest BCUT2D eigenvalue weighted by Crippen LogP contribution is 2.27. The molecule has 0 unspecified atom stereocenters. The van der Waals surface area contributed by atoms with Crippen LogP contribution in [0.3, 0.4) is 0 Å². The summed E-state index contributed by atoms with van der Waals surface area (Å²) in [5.41, 5.74) is 0. The van der Waals surface area contributed by atoms with Crippen LogP contribution in [0.25, 0.3) is 0 Å². The lowest BCUT2D eigenvalue weighted by Gasteiger charge is -2.39. The Bertz CT molecular complexity index is 473. The van der Waals surface area contributed by atoms with Crippen molar-refractivity contribution in [1.29, 1.82) is 0 Å². The maximum absolute atomic E-state index is 11.3. The molecule has 1 rings (SSSR count). The summed E-state index contributed by atoms with van der Waals surface area (Å²) in [5.74, 6) is -2.36. The van der Waals surface area contributed by atoms with Crippen LogP contribution in [0.2, 0.25) is 0 Å². The molecule has 1 aliphatic heterocycles. The zero-order valence-corrected chi connectivity index (χ0v) is 13.4. The van der Waals surface area contributed by atoms with Crippen molar-refractivity contribution in [2.45, 2.75) is 58.7 Å². The van der Waals surface area contributed by atoms with Gasteiger partial charge in [-0.2, -0.15) is 0 Å². The molecular weight excluding hydrogens is 312 g/mol. The second-order valence-corrected chi connectivity index (χ2v) is 4.97. The molecule has 130 valence electrons. The van der Waals surface area contributed by atoms with Gasteiger partial charge in [0.1, 0.15) is 18.8 Å². The van der Waals surface area contributed by atoms with Crippen LogP contribution in [0.1, 0.15) is 34.1 Å². The first-order valence-electron chi connectivity index (χ1n) is 6.99. The number of esters is 4. The van der Waals surface area contributed by atoms with E-state index in [-0.39, 0.29) is 13.0 Å². The summed E-state index contributed by atoms with van der Waals surface area (Å²) in [7, 11) is 0. The Morgan fingerprint density at radius 1 is 0.870 bits per heavy atom. The average molecular weight is 332 g/mol. The Labute approximate surface area is 133 Å². The van der Waals surface area contributed by atoms with E-state index in [1.54, 1.807) is 0 Å². The normalized spacial score (nSPS) is 26.8. The minimum Gasteiger partial charge on any atom is -0.463 e. The third-order valence-corrected chi connectivity index (χ3v) is 2.85. The third-order valence-electron chi connectivity index (χ3n) is 2.85. The molecule has 4 atom stereocenters. The Kier molecular flexibility index (Phi) is 6.95. The van der Waals surface area contributed by atoms with Gasteiger partial charge in [-0.15, -0.1) is 0 Å². The second kappa shape index (κ2) is 8.47. The molecule has 0 saturated carbocycles. The van der Waals surface area contributed by atoms with Crippen molar-refractivity contribution in [3.8, 4) is 0 Å². The van der Waals surface area contributed by atoms with Crippen molar-refractivity contribution in [3.05, 3.63) is 0 Å². The summed E-state index contributed by atoms with van der Waals surface area (Å²) in [6, 6.07) is 0. The maximum atomic E-state index is 11.3. The van der Waals surface area contributed by atoms with E-state index < -0.39 is 48.5 Å². The van der Waals surface area contributed by atoms with Gasteiger partial charge in [-0.25, -0.2) is 0 Å². The summed E-state index contributed by atoms with van der Waals surface area (Å²) < 4.78 is 25.6. The topological polar surface area (TPSA) is 114 Å². The minimum absolute atomic E-state index is 0.00627. The van der Waals surface area contributed by atoms with Crippen molar-refractivity contribution in [2.24, 2.45) is 0 Å². The minimum atomic E-state index is -1.01. The van der Waals surface area contributed by atoms with E-state index in [2.05, 4.69) is 0 Å². The van der Waals surface area contributed by atoms with Gasteiger partial charge in [0.15, 0.2) is 6.10 Å². The lowest BCUT2D eigenvalue weighted by Crippen LogP contribution is -2.54. The molecule has 23 heavy (non-hydrogen) atoms. The van der Waals surface area contributed by atoms with Crippen LogP contribution >= 0.6 is 0 Å². The number of hydrogen-bond donors (Lipinski definition) is 0. The highest BCUT2D eigenvalue weighted by atomic mass is 16.7. The number of rotatable bonds is 5. The molecule has 9 heteroatoms.